The second-order valence-electron chi connectivity index (χ2n) is 9.28. The van der Waals surface area contributed by atoms with Crippen LogP contribution in [0.2, 0.25) is 5.02 Å². The summed E-state index contributed by atoms with van der Waals surface area (Å²) in [6, 6.07) is 23.9. The molecule has 1 aromatic heterocycles. The van der Waals surface area contributed by atoms with E-state index in [1.165, 1.54) is 30.1 Å². The van der Waals surface area contributed by atoms with Crippen molar-refractivity contribution in [2.75, 3.05) is 19.7 Å². The van der Waals surface area contributed by atoms with Gasteiger partial charge in [0.2, 0.25) is 0 Å². The van der Waals surface area contributed by atoms with E-state index in [2.05, 4.69) is 32.3 Å². The Morgan fingerprint density at radius 2 is 1.74 bits per heavy atom. The van der Waals surface area contributed by atoms with Gasteiger partial charge in [0.05, 0.1) is 11.6 Å². The lowest BCUT2D eigenvalue weighted by Gasteiger charge is -2.38. The number of aromatic nitrogens is 2. The number of hydrogen-bond acceptors (Lipinski definition) is 5. The first-order valence-electron chi connectivity index (χ1n) is 12.6. The van der Waals surface area contributed by atoms with Crippen molar-refractivity contribution in [3.8, 4) is 17.1 Å². The molecule has 38 heavy (non-hydrogen) atoms. The highest BCUT2D eigenvalue weighted by atomic mass is 35.5. The first kappa shape index (κ1) is 25.8. The lowest BCUT2D eigenvalue weighted by Crippen LogP contribution is -2.46. The van der Waals surface area contributed by atoms with Gasteiger partial charge in [0, 0.05) is 42.1 Å². The fourth-order valence-corrected chi connectivity index (χ4v) is 4.85. The van der Waals surface area contributed by atoms with Crippen LogP contribution in [0.5, 0.6) is 5.75 Å². The Balaban J connectivity index is 1.18. The summed E-state index contributed by atoms with van der Waals surface area (Å²) in [5, 5.41) is 3.76. The summed E-state index contributed by atoms with van der Waals surface area (Å²) in [5.41, 5.74) is 2.13. The van der Waals surface area contributed by atoms with Crippen LogP contribution in [0.1, 0.15) is 34.8 Å². The zero-order valence-electron chi connectivity index (χ0n) is 20.8. The summed E-state index contributed by atoms with van der Waals surface area (Å²) in [4.78, 5) is 23.8. The van der Waals surface area contributed by atoms with Crippen LogP contribution < -0.4 is 10.1 Å². The third-order valence-corrected chi connectivity index (χ3v) is 6.93. The van der Waals surface area contributed by atoms with E-state index in [-0.39, 0.29) is 23.8 Å². The lowest BCUT2D eigenvalue weighted by molar-refractivity contribution is 0.0837. The van der Waals surface area contributed by atoms with Gasteiger partial charge in [0.15, 0.2) is 5.82 Å². The fraction of sp³-hybridized carbons (Fsp3) is 0.233. The standard InChI is InChI=1S/C30H28ClFN4O2/c31-24-9-5-11-27(17-24)38-20-28(21-6-2-1-3-7-21)36-14-12-26(13-15-36)35-30(37)23-18-33-29(34-19-23)22-8-4-10-25(32)16-22/h1-11,16-19,26,28H,12-15,20H2,(H,35,37). The average molecular weight is 531 g/mol. The molecule has 1 N–H and O–H groups in total. The number of hydrogen-bond donors (Lipinski definition) is 1. The first-order valence-corrected chi connectivity index (χ1v) is 13.0. The molecule has 3 aromatic carbocycles. The summed E-state index contributed by atoms with van der Waals surface area (Å²) in [6.45, 7) is 2.13. The molecule has 6 nitrogen and oxygen atoms in total. The molecular weight excluding hydrogens is 503 g/mol. The minimum atomic E-state index is -0.357. The summed E-state index contributed by atoms with van der Waals surface area (Å²) in [6.07, 6.45) is 4.59. The van der Waals surface area contributed by atoms with Gasteiger partial charge >= 0.3 is 0 Å². The molecule has 1 amide bonds. The zero-order chi connectivity index (χ0) is 26.3. The molecule has 0 aliphatic carbocycles. The van der Waals surface area contributed by atoms with Crippen molar-refractivity contribution in [1.82, 2.24) is 20.2 Å². The molecule has 0 spiro atoms. The maximum absolute atomic E-state index is 13.5. The number of piperidine rings is 1. The van der Waals surface area contributed by atoms with Crippen molar-refractivity contribution < 1.29 is 13.9 Å². The maximum atomic E-state index is 13.5. The Kier molecular flexibility index (Phi) is 8.26. The highest BCUT2D eigenvalue weighted by Crippen LogP contribution is 2.27. The van der Waals surface area contributed by atoms with E-state index in [9.17, 15) is 9.18 Å². The van der Waals surface area contributed by atoms with E-state index >= 15 is 0 Å². The SMILES string of the molecule is O=C(NC1CCN(C(COc2cccc(Cl)c2)c2ccccc2)CC1)c1cnc(-c2cccc(F)c2)nc1. The monoisotopic (exact) mass is 530 g/mol. The number of carbonyl (C=O) groups is 1. The van der Waals surface area contributed by atoms with Crippen molar-refractivity contribution in [1.29, 1.82) is 0 Å². The van der Waals surface area contributed by atoms with Crippen molar-refractivity contribution in [3.63, 3.8) is 0 Å². The number of nitrogens with zero attached hydrogens (tertiary/aromatic N) is 3. The van der Waals surface area contributed by atoms with Crippen LogP contribution in [0, 0.1) is 5.82 Å². The second-order valence-corrected chi connectivity index (χ2v) is 9.72. The van der Waals surface area contributed by atoms with Gasteiger partial charge in [0.25, 0.3) is 5.91 Å². The fourth-order valence-electron chi connectivity index (χ4n) is 4.67. The van der Waals surface area contributed by atoms with E-state index in [0.717, 1.165) is 31.7 Å². The number of rotatable bonds is 8. The van der Waals surface area contributed by atoms with Crippen molar-refractivity contribution in [2.45, 2.75) is 24.9 Å². The van der Waals surface area contributed by atoms with Gasteiger partial charge in [-0.05, 0) is 48.7 Å². The zero-order valence-corrected chi connectivity index (χ0v) is 21.5. The number of benzene rings is 3. The Morgan fingerprint density at radius 3 is 2.45 bits per heavy atom. The van der Waals surface area contributed by atoms with Gasteiger partial charge in [0.1, 0.15) is 18.2 Å². The molecule has 1 aliphatic heterocycles. The molecule has 0 bridgehead atoms. The minimum absolute atomic E-state index is 0.0481. The number of nitrogens with one attached hydrogen (secondary N) is 1. The van der Waals surface area contributed by atoms with E-state index in [1.54, 1.807) is 12.1 Å². The van der Waals surface area contributed by atoms with Gasteiger partial charge in [-0.15, -0.1) is 0 Å². The smallest absolute Gasteiger partial charge is 0.254 e. The molecule has 1 fully saturated rings. The van der Waals surface area contributed by atoms with Gasteiger partial charge in [-0.2, -0.15) is 0 Å². The largest absolute Gasteiger partial charge is 0.492 e. The first-order chi connectivity index (χ1) is 18.5. The molecule has 0 saturated carbocycles. The van der Waals surface area contributed by atoms with Crippen LogP contribution in [0.4, 0.5) is 4.39 Å². The number of amides is 1. The normalized spacial score (nSPS) is 15.1. The molecule has 1 unspecified atom stereocenters. The van der Waals surface area contributed by atoms with Crippen LogP contribution in [-0.2, 0) is 0 Å². The topological polar surface area (TPSA) is 67.4 Å². The third-order valence-electron chi connectivity index (χ3n) is 6.69. The van der Waals surface area contributed by atoms with Crippen LogP contribution >= 0.6 is 11.6 Å². The molecule has 2 heterocycles. The molecular formula is C30H28ClFN4O2. The second kappa shape index (κ2) is 12.2. The quantitative estimate of drug-likeness (QED) is 0.305. The van der Waals surface area contributed by atoms with Crippen LogP contribution in [-0.4, -0.2) is 46.5 Å². The van der Waals surface area contributed by atoms with Crippen molar-refractivity contribution in [3.05, 3.63) is 113 Å². The van der Waals surface area contributed by atoms with Gasteiger partial charge in [-0.25, -0.2) is 14.4 Å². The van der Waals surface area contributed by atoms with Gasteiger partial charge < -0.3 is 10.1 Å². The van der Waals surface area contributed by atoms with Crippen LogP contribution in [0.25, 0.3) is 11.4 Å². The Morgan fingerprint density at radius 1 is 1.00 bits per heavy atom. The molecule has 1 saturated heterocycles. The van der Waals surface area contributed by atoms with E-state index in [0.29, 0.717) is 28.6 Å². The Hall–Kier alpha value is -3.81. The molecule has 8 heteroatoms. The molecule has 4 aromatic rings. The molecule has 1 aliphatic rings. The Bertz CT molecular complexity index is 1360. The third kappa shape index (κ3) is 6.54. The van der Waals surface area contributed by atoms with E-state index in [1.807, 2.05) is 42.5 Å². The summed E-state index contributed by atoms with van der Waals surface area (Å²) < 4.78 is 19.6. The summed E-state index contributed by atoms with van der Waals surface area (Å²) >= 11 is 6.12. The lowest BCUT2D eigenvalue weighted by atomic mass is 9.99. The van der Waals surface area contributed by atoms with Gasteiger partial charge in [-0.1, -0.05) is 60.1 Å². The molecule has 194 valence electrons. The number of likely N-dealkylation sites (tertiary alicyclic amines) is 1. The maximum Gasteiger partial charge on any atom is 0.254 e. The summed E-state index contributed by atoms with van der Waals surface area (Å²) in [5.74, 6) is 0.551. The van der Waals surface area contributed by atoms with E-state index in [4.69, 9.17) is 16.3 Å². The predicted molar refractivity (Wildman–Crippen MR) is 146 cm³/mol. The summed E-state index contributed by atoms with van der Waals surface area (Å²) in [7, 11) is 0. The van der Waals surface area contributed by atoms with E-state index < -0.39 is 0 Å². The highest BCUT2D eigenvalue weighted by molar-refractivity contribution is 6.30. The number of carbonyl (C=O) groups excluding carboxylic acids is 1. The minimum Gasteiger partial charge on any atom is -0.492 e. The van der Waals surface area contributed by atoms with Crippen molar-refractivity contribution in [2.24, 2.45) is 0 Å². The molecule has 5 rings (SSSR count). The highest BCUT2D eigenvalue weighted by Gasteiger charge is 2.28. The number of ether oxygens (including phenoxy) is 1. The predicted octanol–water partition coefficient (Wildman–Crippen LogP) is 5.95. The van der Waals surface area contributed by atoms with Crippen LogP contribution in [0.3, 0.4) is 0 Å². The van der Waals surface area contributed by atoms with Gasteiger partial charge in [-0.3, -0.25) is 9.69 Å². The molecule has 1 atom stereocenters. The van der Waals surface area contributed by atoms with Crippen molar-refractivity contribution >= 4 is 17.5 Å². The van der Waals surface area contributed by atoms with Crippen LogP contribution in [0.15, 0.2) is 91.3 Å². The number of halogens is 2. The molecule has 0 radical (unpaired) electrons. The Labute approximate surface area is 226 Å². The average Bonchev–Trinajstić information content (AvgIpc) is 2.95.